The fourth-order valence-corrected chi connectivity index (χ4v) is 1.78. The van der Waals surface area contributed by atoms with Crippen LogP contribution in [0.15, 0.2) is 0 Å². The summed E-state index contributed by atoms with van der Waals surface area (Å²) in [6.45, 7) is 1.47. The van der Waals surface area contributed by atoms with Gasteiger partial charge in [-0.2, -0.15) is 0 Å². The molecular formula is C9H16O2. The van der Waals surface area contributed by atoms with Crippen molar-refractivity contribution in [2.75, 3.05) is 0 Å². The SMILES string of the molecule is CC(=O)[C@H](O)C1CCCCC1. The summed E-state index contributed by atoms with van der Waals surface area (Å²) in [6.07, 6.45) is 4.99. The maximum atomic E-state index is 10.8. The third kappa shape index (κ3) is 2.29. The Labute approximate surface area is 67.6 Å². The summed E-state index contributed by atoms with van der Waals surface area (Å²) in [6, 6.07) is 0. The standard InChI is InChI=1S/C9H16O2/c1-7(10)9(11)8-5-3-2-4-6-8/h8-9,11H,2-6H2,1H3/t9-/m0/s1. The number of carbonyl (C=O) groups excluding carboxylic acids is 1. The zero-order valence-electron chi connectivity index (χ0n) is 7.05. The van der Waals surface area contributed by atoms with Gasteiger partial charge in [-0.3, -0.25) is 4.79 Å². The Balaban J connectivity index is 2.38. The zero-order chi connectivity index (χ0) is 8.27. The van der Waals surface area contributed by atoms with Crippen molar-refractivity contribution in [2.24, 2.45) is 5.92 Å². The predicted molar refractivity (Wildman–Crippen MR) is 43.3 cm³/mol. The molecule has 0 radical (unpaired) electrons. The van der Waals surface area contributed by atoms with Crippen molar-refractivity contribution in [3.8, 4) is 0 Å². The molecular weight excluding hydrogens is 140 g/mol. The van der Waals surface area contributed by atoms with E-state index in [2.05, 4.69) is 0 Å². The number of hydrogen-bond acceptors (Lipinski definition) is 2. The summed E-state index contributed by atoms with van der Waals surface area (Å²) < 4.78 is 0. The zero-order valence-corrected chi connectivity index (χ0v) is 7.05. The van der Waals surface area contributed by atoms with E-state index in [0.29, 0.717) is 0 Å². The van der Waals surface area contributed by atoms with Gasteiger partial charge in [-0.15, -0.1) is 0 Å². The topological polar surface area (TPSA) is 37.3 Å². The molecule has 0 heterocycles. The third-order valence-corrected chi connectivity index (χ3v) is 2.51. The normalized spacial score (nSPS) is 23.1. The van der Waals surface area contributed by atoms with Crippen LogP contribution in [0.1, 0.15) is 39.0 Å². The summed E-state index contributed by atoms with van der Waals surface area (Å²) in [5.41, 5.74) is 0. The van der Waals surface area contributed by atoms with Crippen LogP contribution < -0.4 is 0 Å². The second-order valence-corrected chi connectivity index (χ2v) is 3.45. The Morgan fingerprint density at radius 2 is 1.91 bits per heavy atom. The molecule has 0 aromatic carbocycles. The number of hydrogen-bond donors (Lipinski definition) is 1. The fourth-order valence-electron chi connectivity index (χ4n) is 1.78. The van der Waals surface area contributed by atoms with Gasteiger partial charge in [-0.1, -0.05) is 19.3 Å². The van der Waals surface area contributed by atoms with Crippen molar-refractivity contribution >= 4 is 5.78 Å². The first-order chi connectivity index (χ1) is 5.22. The van der Waals surface area contributed by atoms with E-state index in [-0.39, 0.29) is 11.7 Å². The molecule has 0 bridgehead atoms. The summed E-state index contributed by atoms with van der Waals surface area (Å²) in [5.74, 6) is 0.179. The molecule has 11 heavy (non-hydrogen) atoms. The highest BCUT2D eigenvalue weighted by Gasteiger charge is 2.24. The average molecular weight is 156 g/mol. The van der Waals surface area contributed by atoms with Crippen molar-refractivity contribution in [3.05, 3.63) is 0 Å². The molecule has 0 unspecified atom stereocenters. The fraction of sp³-hybridized carbons (Fsp3) is 0.889. The van der Waals surface area contributed by atoms with E-state index in [1.54, 1.807) is 0 Å². The smallest absolute Gasteiger partial charge is 0.158 e. The largest absolute Gasteiger partial charge is 0.385 e. The van der Waals surface area contributed by atoms with Gasteiger partial charge < -0.3 is 5.11 Å². The van der Waals surface area contributed by atoms with E-state index >= 15 is 0 Å². The molecule has 0 aliphatic heterocycles. The van der Waals surface area contributed by atoms with Crippen LogP contribution in [0.25, 0.3) is 0 Å². The molecule has 1 atom stereocenters. The number of aliphatic hydroxyl groups is 1. The maximum Gasteiger partial charge on any atom is 0.158 e. The Bertz CT molecular complexity index is 136. The molecule has 1 N–H and O–H groups in total. The second kappa shape index (κ2) is 3.86. The molecule has 1 fully saturated rings. The molecule has 64 valence electrons. The summed E-state index contributed by atoms with van der Waals surface area (Å²) in [5, 5.41) is 9.40. The monoisotopic (exact) mass is 156 g/mol. The van der Waals surface area contributed by atoms with E-state index in [1.165, 1.54) is 26.2 Å². The van der Waals surface area contributed by atoms with Gasteiger partial charge in [0.15, 0.2) is 5.78 Å². The van der Waals surface area contributed by atoms with Crippen LogP contribution in [-0.2, 0) is 4.79 Å². The number of aliphatic hydroxyl groups excluding tert-OH is 1. The number of ketones is 1. The Morgan fingerprint density at radius 3 is 2.36 bits per heavy atom. The Kier molecular flexibility index (Phi) is 3.06. The molecule has 1 aliphatic rings. The quantitative estimate of drug-likeness (QED) is 0.658. The lowest BCUT2D eigenvalue weighted by Crippen LogP contribution is -2.29. The van der Waals surface area contributed by atoms with Crippen molar-refractivity contribution in [1.82, 2.24) is 0 Å². The molecule has 1 aliphatic carbocycles. The van der Waals surface area contributed by atoms with Gasteiger partial charge in [0.1, 0.15) is 6.10 Å². The van der Waals surface area contributed by atoms with Gasteiger partial charge >= 0.3 is 0 Å². The van der Waals surface area contributed by atoms with Gasteiger partial charge in [-0.05, 0) is 25.7 Å². The van der Waals surface area contributed by atoms with E-state index in [0.717, 1.165) is 12.8 Å². The third-order valence-electron chi connectivity index (χ3n) is 2.51. The number of rotatable bonds is 2. The van der Waals surface area contributed by atoms with Gasteiger partial charge in [0, 0.05) is 0 Å². The van der Waals surface area contributed by atoms with Crippen LogP contribution in [0.3, 0.4) is 0 Å². The molecule has 0 saturated heterocycles. The first-order valence-electron chi connectivity index (χ1n) is 4.40. The highest BCUT2D eigenvalue weighted by Crippen LogP contribution is 2.26. The predicted octanol–water partition coefficient (Wildman–Crippen LogP) is 1.52. The van der Waals surface area contributed by atoms with Crippen LogP contribution in [0.5, 0.6) is 0 Å². The summed E-state index contributed by atoms with van der Waals surface area (Å²) in [7, 11) is 0. The van der Waals surface area contributed by atoms with Crippen LogP contribution in [0.4, 0.5) is 0 Å². The molecule has 2 nitrogen and oxygen atoms in total. The van der Waals surface area contributed by atoms with Crippen molar-refractivity contribution in [2.45, 2.75) is 45.1 Å². The summed E-state index contributed by atoms with van der Waals surface area (Å²) in [4.78, 5) is 10.8. The lowest BCUT2D eigenvalue weighted by molar-refractivity contribution is -0.128. The van der Waals surface area contributed by atoms with Gasteiger partial charge in [-0.25, -0.2) is 0 Å². The highest BCUT2D eigenvalue weighted by atomic mass is 16.3. The van der Waals surface area contributed by atoms with Crippen molar-refractivity contribution in [1.29, 1.82) is 0 Å². The lowest BCUT2D eigenvalue weighted by atomic mass is 9.84. The van der Waals surface area contributed by atoms with Gasteiger partial charge in [0.2, 0.25) is 0 Å². The van der Waals surface area contributed by atoms with Crippen molar-refractivity contribution in [3.63, 3.8) is 0 Å². The van der Waals surface area contributed by atoms with E-state index in [9.17, 15) is 9.90 Å². The number of carbonyl (C=O) groups is 1. The van der Waals surface area contributed by atoms with E-state index < -0.39 is 6.10 Å². The van der Waals surface area contributed by atoms with Crippen LogP contribution in [0, 0.1) is 5.92 Å². The Hall–Kier alpha value is -0.370. The minimum atomic E-state index is -0.685. The average Bonchev–Trinajstić information content (AvgIpc) is 2.05. The molecule has 1 saturated carbocycles. The summed E-state index contributed by atoms with van der Waals surface area (Å²) >= 11 is 0. The number of Topliss-reactive ketones (excluding diaryl/α,β-unsaturated/α-hetero) is 1. The van der Waals surface area contributed by atoms with Crippen molar-refractivity contribution < 1.29 is 9.90 Å². The minimum absolute atomic E-state index is 0.0723. The van der Waals surface area contributed by atoms with E-state index in [1.807, 2.05) is 0 Å². The molecule has 0 aromatic heterocycles. The Morgan fingerprint density at radius 1 is 1.36 bits per heavy atom. The molecule has 2 heteroatoms. The first kappa shape index (κ1) is 8.72. The first-order valence-corrected chi connectivity index (χ1v) is 4.40. The highest BCUT2D eigenvalue weighted by molar-refractivity contribution is 5.80. The molecule has 0 amide bonds. The molecule has 0 aromatic rings. The van der Waals surface area contributed by atoms with Crippen LogP contribution >= 0.6 is 0 Å². The minimum Gasteiger partial charge on any atom is -0.385 e. The van der Waals surface area contributed by atoms with Gasteiger partial charge in [0.05, 0.1) is 0 Å². The van der Waals surface area contributed by atoms with Crippen LogP contribution in [0.2, 0.25) is 0 Å². The van der Waals surface area contributed by atoms with E-state index in [4.69, 9.17) is 0 Å². The molecule has 0 spiro atoms. The maximum absolute atomic E-state index is 10.8. The molecule has 1 rings (SSSR count). The lowest BCUT2D eigenvalue weighted by Gasteiger charge is -2.24. The van der Waals surface area contributed by atoms with Crippen LogP contribution in [-0.4, -0.2) is 17.0 Å². The van der Waals surface area contributed by atoms with Gasteiger partial charge in [0.25, 0.3) is 0 Å². The second-order valence-electron chi connectivity index (χ2n) is 3.45.